The van der Waals surface area contributed by atoms with Crippen molar-refractivity contribution in [2.75, 3.05) is 34.2 Å². The zero-order chi connectivity index (χ0) is 17.4. The van der Waals surface area contributed by atoms with Crippen LogP contribution in [0.4, 0.5) is 0 Å². The Kier molecular flexibility index (Phi) is 7.56. The van der Waals surface area contributed by atoms with Crippen LogP contribution in [0.5, 0.6) is 0 Å². The van der Waals surface area contributed by atoms with Crippen molar-refractivity contribution in [1.82, 2.24) is 15.5 Å². The Balaban J connectivity index is 1.86. The molecular weight excluding hydrogens is 340 g/mol. The normalized spacial score (nSPS) is 13.1. The van der Waals surface area contributed by atoms with Gasteiger partial charge in [-0.1, -0.05) is 29.8 Å². The third-order valence-electron chi connectivity index (χ3n) is 3.81. The molecular formula is C18H25ClN4S. The van der Waals surface area contributed by atoms with Gasteiger partial charge in [-0.3, -0.25) is 4.99 Å². The van der Waals surface area contributed by atoms with Crippen LogP contribution in [-0.2, 0) is 6.42 Å². The minimum atomic E-state index is 0.248. The fourth-order valence-corrected chi connectivity index (χ4v) is 3.29. The van der Waals surface area contributed by atoms with Gasteiger partial charge in [-0.2, -0.15) is 0 Å². The van der Waals surface area contributed by atoms with E-state index in [0.29, 0.717) is 0 Å². The summed E-state index contributed by atoms with van der Waals surface area (Å²) in [5.41, 5.74) is 1.23. The van der Waals surface area contributed by atoms with E-state index in [0.717, 1.165) is 30.5 Å². The maximum absolute atomic E-state index is 5.99. The van der Waals surface area contributed by atoms with Crippen LogP contribution >= 0.6 is 22.9 Å². The lowest BCUT2D eigenvalue weighted by molar-refractivity contribution is 0.298. The zero-order valence-electron chi connectivity index (χ0n) is 14.4. The summed E-state index contributed by atoms with van der Waals surface area (Å²) in [5, 5.41) is 9.65. The number of likely N-dealkylation sites (N-methyl/N-ethyl adjacent to an activating group) is 1. The van der Waals surface area contributed by atoms with E-state index in [1.165, 1.54) is 10.4 Å². The molecule has 0 bridgehead atoms. The molecule has 1 aromatic carbocycles. The first-order valence-electron chi connectivity index (χ1n) is 7.99. The molecule has 0 fully saturated rings. The molecule has 0 aliphatic rings. The fourth-order valence-electron chi connectivity index (χ4n) is 2.46. The van der Waals surface area contributed by atoms with Gasteiger partial charge >= 0.3 is 0 Å². The van der Waals surface area contributed by atoms with E-state index in [4.69, 9.17) is 11.6 Å². The zero-order valence-corrected chi connectivity index (χ0v) is 16.0. The van der Waals surface area contributed by atoms with Crippen molar-refractivity contribution in [2.24, 2.45) is 4.99 Å². The number of guanidine groups is 1. The third kappa shape index (κ3) is 5.82. The molecule has 2 aromatic rings. The van der Waals surface area contributed by atoms with Gasteiger partial charge in [-0.25, -0.2) is 0 Å². The predicted molar refractivity (Wildman–Crippen MR) is 105 cm³/mol. The van der Waals surface area contributed by atoms with Crippen molar-refractivity contribution in [3.63, 3.8) is 0 Å². The average Bonchev–Trinajstić information content (AvgIpc) is 3.08. The van der Waals surface area contributed by atoms with E-state index < -0.39 is 0 Å². The van der Waals surface area contributed by atoms with Gasteiger partial charge < -0.3 is 15.5 Å². The van der Waals surface area contributed by atoms with Gasteiger partial charge in [0.2, 0.25) is 0 Å². The topological polar surface area (TPSA) is 39.7 Å². The van der Waals surface area contributed by atoms with Crippen molar-refractivity contribution >= 4 is 28.9 Å². The summed E-state index contributed by atoms with van der Waals surface area (Å²) in [7, 11) is 5.95. The highest BCUT2D eigenvalue weighted by Crippen LogP contribution is 2.19. The molecule has 6 heteroatoms. The van der Waals surface area contributed by atoms with Gasteiger partial charge in [0, 0.05) is 30.0 Å². The fraction of sp³-hybridized carbons (Fsp3) is 0.389. The smallest absolute Gasteiger partial charge is 0.191 e. The number of hydrogen-bond acceptors (Lipinski definition) is 3. The molecule has 0 amide bonds. The minimum absolute atomic E-state index is 0.248. The third-order valence-corrected chi connectivity index (χ3v) is 5.00. The number of thiophene rings is 1. The van der Waals surface area contributed by atoms with Crippen molar-refractivity contribution in [2.45, 2.75) is 12.5 Å². The molecule has 0 aliphatic heterocycles. The molecule has 2 rings (SSSR count). The lowest BCUT2D eigenvalue weighted by Gasteiger charge is -2.26. The molecule has 0 saturated heterocycles. The Morgan fingerprint density at radius 1 is 1.21 bits per heavy atom. The summed E-state index contributed by atoms with van der Waals surface area (Å²) in [6.45, 7) is 1.64. The molecule has 24 heavy (non-hydrogen) atoms. The van der Waals surface area contributed by atoms with Crippen LogP contribution in [0.2, 0.25) is 5.02 Å². The molecule has 1 heterocycles. The Labute approximate surface area is 153 Å². The standard InChI is InChI=1S/C18H25ClN4S/c1-20-18(21-11-10-16-5-4-12-24-16)22-13-17(23(2)3)14-6-8-15(19)9-7-14/h4-9,12,17H,10-11,13H2,1-3H3,(H2,20,21,22). The number of nitrogens with zero attached hydrogens (tertiary/aromatic N) is 2. The number of hydrogen-bond donors (Lipinski definition) is 2. The van der Waals surface area contributed by atoms with E-state index in [9.17, 15) is 0 Å². The van der Waals surface area contributed by atoms with Crippen LogP contribution in [-0.4, -0.2) is 45.1 Å². The highest BCUT2D eigenvalue weighted by atomic mass is 35.5. The van der Waals surface area contributed by atoms with Crippen LogP contribution in [0.1, 0.15) is 16.5 Å². The molecule has 0 radical (unpaired) electrons. The molecule has 0 saturated carbocycles. The largest absolute Gasteiger partial charge is 0.356 e. The molecule has 2 N–H and O–H groups in total. The maximum Gasteiger partial charge on any atom is 0.191 e. The molecule has 0 aliphatic carbocycles. The highest BCUT2D eigenvalue weighted by Gasteiger charge is 2.14. The summed E-state index contributed by atoms with van der Waals surface area (Å²) in [6.07, 6.45) is 1.01. The van der Waals surface area contributed by atoms with Crippen molar-refractivity contribution in [1.29, 1.82) is 0 Å². The van der Waals surface area contributed by atoms with Gasteiger partial charge in [-0.05, 0) is 49.7 Å². The van der Waals surface area contributed by atoms with Crippen molar-refractivity contribution < 1.29 is 0 Å². The summed E-state index contributed by atoms with van der Waals surface area (Å²) in [5.74, 6) is 0.826. The summed E-state index contributed by atoms with van der Waals surface area (Å²) >= 11 is 7.77. The second kappa shape index (κ2) is 9.67. The number of rotatable bonds is 7. The molecule has 1 aromatic heterocycles. The van der Waals surface area contributed by atoms with Crippen LogP contribution in [0.3, 0.4) is 0 Å². The first kappa shape index (κ1) is 18.8. The summed E-state index contributed by atoms with van der Waals surface area (Å²) in [6, 6.07) is 12.5. The second-order valence-corrected chi connectivity index (χ2v) is 7.21. The Morgan fingerprint density at radius 3 is 2.54 bits per heavy atom. The first-order valence-corrected chi connectivity index (χ1v) is 9.24. The molecule has 4 nitrogen and oxygen atoms in total. The van der Waals surface area contributed by atoms with Crippen molar-refractivity contribution in [3.8, 4) is 0 Å². The van der Waals surface area contributed by atoms with E-state index in [2.05, 4.69) is 64.3 Å². The molecule has 130 valence electrons. The Bertz CT molecular complexity index is 623. The van der Waals surface area contributed by atoms with Crippen LogP contribution in [0, 0.1) is 0 Å². The van der Waals surface area contributed by atoms with Crippen LogP contribution < -0.4 is 10.6 Å². The monoisotopic (exact) mass is 364 g/mol. The van der Waals surface area contributed by atoms with E-state index in [1.807, 2.05) is 12.1 Å². The van der Waals surface area contributed by atoms with Crippen LogP contribution in [0.25, 0.3) is 0 Å². The highest BCUT2D eigenvalue weighted by molar-refractivity contribution is 7.09. The summed E-state index contributed by atoms with van der Waals surface area (Å²) < 4.78 is 0. The minimum Gasteiger partial charge on any atom is -0.356 e. The first-order chi connectivity index (χ1) is 11.6. The van der Waals surface area contributed by atoms with Crippen LogP contribution in [0.15, 0.2) is 46.8 Å². The second-order valence-electron chi connectivity index (χ2n) is 5.74. The Hall–Kier alpha value is -1.56. The average molecular weight is 365 g/mol. The summed E-state index contributed by atoms with van der Waals surface area (Å²) in [4.78, 5) is 7.87. The Morgan fingerprint density at radius 2 is 1.96 bits per heavy atom. The molecule has 1 unspecified atom stereocenters. The van der Waals surface area contributed by atoms with Gasteiger partial charge in [0.25, 0.3) is 0 Å². The number of benzene rings is 1. The van der Waals surface area contributed by atoms with Gasteiger partial charge in [0.05, 0.1) is 6.04 Å². The lowest BCUT2D eigenvalue weighted by Crippen LogP contribution is -2.42. The van der Waals surface area contributed by atoms with Gasteiger partial charge in [0.1, 0.15) is 0 Å². The quantitative estimate of drug-likeness (QED) is 0.584. The van der Waals surface area contributed by atoms with E-state index in [-0.39, 0.29) is 6.04 Å². The SMILES string of the molecule is CN=C(NCCc1cccs1)NCC(c1ccc(Cl)cc1)N(C)C. The van der Waals surface area contributed by atoms with Gasteiger partial charge in [0.15, 0.2) is 5.96 Å². The number of halogens is 1. The van der Waals surface area contributed by atoms with Gasteiger partial charge in [-0.15, -0.1) is 11.3 Å². The van der Waals surface area contributed by atoms with E-state index in [1.54, 1.807) is 18.4 Å². The van der Waals surface area contributed by atoms with E-state index >= 15 is 0 Å². The lowest BCUT2D eigenvalue weighted by atomic mass is 10.1. The number of aliphatic imine (C=N–C) groups is 1. The maximum atomic E-state index is 5.99. The molecule has 0 spiro atoms. The van der Waals surface area contributed by atoms with Crippen molar-refractivity contribution in [3.05, 3.63) is 57.2 Å². The molecule has 1 atom stereocenters. The predicted octanol–water partition coefficient (Wildman–Crippen LogP) is 3.41. The number of nitrogens with one attached hydrogen (secondary N) is 2.